The van der Waals surface area contributed by atoms with Crippen LogP contribution in [0.15, 0.2) is 18.2 Å². The topological polar surface area (TPSA) is 92.4 Å². The van der Waals surface area contributed by atoms with E-state index in [4.69, 9.17) is 22.4 Å². The lowest BCUT2D eigenvalue weighted by Gasteiger charge is -2.28. The maximum atomic E-state index is 12.3. The molecular weight excluding hydrogens is 280 g/mol. The molecule has 110 valence electrons. The average molecular weight is 299 g/mol. The van der Waals surface area contributed by atoms with Crippen molar-refractivity contribution in [3.8, 4) is 0 Å². The molecule has 4 N–H and O–H groups in total. The van der Waals surface area contributed by atoms with Crippen molar-refractivity contribution in [1.29, 1.82) is 0 Å². The molecule has 1 aromatic carbocycles. The van der Waals surface area contributed by atoms with Crippen molar-refractivity contribution in [3.05, 3.63) is 28.8 Å². The fourth-order valence-corrected chi connectivity index (χ4v) is 2.18. The molecule has 1 amide bonds. The molecule has 0 atom stereocenters. The second-order valence-corrected chi connectivity index (χ2v) is 5.05. The molecule has 20 heavy (non-hydrogen) atoms. The molecule has 0 aliphatic carbocycles. The van der Waals surface area contributed by atoms with Gasteiger partial charge in [0.25, 0.3) is 0 Å². The number of anilines is 1. The van der Waals surface area contributed by atoms with Gasteiger partial charge in [0, 0.05) is 12.2 Å². The van der Waals surface area contributed by atoms with Crippen LogP contribution in [0.2, 0.25) is 5.02 Å². The molecule has 0 radical (unpaired) electrons. The number of benzene rings is 1. The Morgan fingerprint density at radius 2 is 1.95 bits per heavy atom. The minimum atomic E-state index is -1.14. The van der Waals surface area contributed by atoms with E-state index in [1.165, 1.54) is 12.1 Å². The van der Waals surface area contributed by atoms with Crippen molar-refractivity contribution in [2.24, 2.45) is 11.1 Å². The Hall–Kier alpha value is -1.59. The second kappa shape index (κ2) is 6.72. The van der Waals surface area contributed by atoms with E-state index in [9.17, 15) is 9.59 Å². The predicted molar refractivity (Wildman–Crippen MR) is 79.1 cm³/mol. The van der Waals surface area contributed by atoms with Crippen molar-refractivity contribution in [1.82, 2.24) is 0 Å². The highest BCUT2D eigenvalue weighted by molar-refractivity contribution is 6.33. The number of halogens is 1. The Balaban J connectivity index is 3.02. The third kappa shape index (κ3) is 3.29. The van der Waals surface area contributed by atoms with Gasteiger partial charge in [-0.25, -0.2) is 4.79 Å². The summed E-state index contributed by atoms with van der Waals surface area (Å²) in [6, 6.07) is 4.36. The van der Waals surface area contributed by atoms with E-state index in [-0.39, 0.29) is 23.0 Å². The van der Waals surface area contributed by atoms with Crippen molar-refractivity contribution in [2.45, 2.75) is 26.7 Å². The molecule has 0 fully saturated rings. The molecule has 5 nitrogen and oxygen atoms in total. The number of carbonyl (C=O) groups excluding carboxylic acids is 1. The van der Waals surface area contributed by atoms with E-state index in [1.54, 1.807) is 6.07 Å². The summed E-state index contributed by atoms with van der Waals surface area (Å²) >= 11 is 5.79. The van der Waals surface area contributed by atoms with E-state index in [0.29, 0.717) is 18.5 Å². The molecular formula is C14H19ClN2O3. The molecule has 0 bridgehead atoms. The van der Waals surface area contributed by atoms with Crippen molar-refractivity contribution in [2.75, 3.05) is 11.9 Å². The zero-order valence-electron chi connectivity index (χ0n) is 11.6. The maximum absolute atomic E-state index is 12.3. The molecule has 1 rings (SSSR count). The summed E-state index contributed by atoms with van der Waals surface area (Å²) in [6.07, 6.45) is 1.23. The largest absolute Gasteiger partial charge is 0.478 e. The van der Waals surface area contributed by atoms with E-state index >= 15 is 0 Å². The third-order valence-electron chi connectivity index (χ3n) is 3.68. The van der Waals surface area contributed by atoms with Gasteiger partial charge in [-0.1, -0.05) is 25.4 Å². The van der Waals surface area contributed by atoms with Gasteiger partial charge in [0.15, 0.2) is 0 Å². The number of carbonyl (C=O) groups is 2. The Morgan fingerprint density at radius 1 is 1.35 bits per heavy atom. The van der Waals surface area contributed by atoms with Crippen LogP contribution in [0, 0.1) is 5.41 Å². The van der Waals surface area contributed by atoms with E-state index < -0.39 is 11.4 Å². The molecule has 0 saturated carbocycles. The predicted octanol–water partition coefficient (Wildman–Crippen LogP) is 2.74. The summed E-state index contributed by atoms with van der Waals surface area (Å²) < 4.78 is 0. The SMILES string of the molecule is CCC(CC)(CN)C(=O)Nc1ccc(Cl)c(C(=O)O)c1. The van der Waals surface area contributed by atoms with Crippen molar-refractivity contribution in [3.63, 3.8) is 0 Å². The van der Waals surface area contributed by atoms with Gasteiger partial charge < -0.3 is 16.2 Å². The summed E-state index contributed by atoms with van der Waals surface area (Å²) in [4.78, 5) is 23.3. The van der Waals surface area contributed by atoms with Crippen LogP contribution in [0.5, 0.6) is 0 Å². The van der Waals surface area contributed by atoms with Crippen LogP contribution in [0.3, 0.4) is 0 Å². The van der Waals surface area contributed by atoms with Crippen LogP contribution in [0.1, 0.15) is 37.0 Å². The van der Waals surface area contributed by atoms with Gasteiger partial charge in [0.1, 0.15) is 0 Å². The molecule has 0 unspecified atom stereocenters. The Morgan fingerprint density at radius 3 is 2.40 bits per heavy atom. The number of nitrogens with one attached hydrogen (secondary N) is 1. The van der Waals surface area contributed by atoms with Crippen LogP contribution in [0.25, 0.3) is 0 Å². The van der Waals surface area contributed by atoms with Gasteiger partial charge in [-0.3, -0.25) is 4.79 Å². The van der Waals surface area contributed by atoms with Crippen LogP contribution < -0.4 is 11.1 Å². The second-order valence-electron chi connectivity index (χ2n) is 4.65. The highest BCUT2D eigenvalue weighted by Gasteiger charge is 2.33. The minimum Gasteiger partial charge on any atom is -0.478 e. The van der Waals surface area contributed by atoms with Gasteiger partial charge >= 0.3 is 5.97 Å². The number of rotatable bonds is 6. The van der Waals surface area contributed by atoms with E-state index in [2.05, 4.69) is 5.32 Å². The highest BCUT2D eigenvalue weighted by atomic mass is 35.5. The maximum Gasteiger partial charge on any atom is 0.337 e. The Bertz CT molecular complexity index is 505. The van der Waals surface area contributed by atoms with Crippen molar-refractivity contribution >= 4 is 29.2 Å². The number of nitrogens with two attached hydrogens (primary N) is 1. The summed E-state index contributed by atoms with van der Waals surface area (Å²) in [5.41, 5.74) is 5.43. The number of amides is 1. The summed E-state index contributed by atoms with van der Waals surface area (Å²) in [5.74, 6) is -1.34. The monoisotopic (exact) mass is 298 g/mol. The number of hydrogen-bond acceptors (Lipinski definition) is 3. The standard InChI is InChI=1S/C14H19ClN2O3/c1-3-14(4-2,8-16)13(20)17-9-5-6-11(15)10(7-9)12(18)19/h5-7H,3-4,8,16H2,1-2H3,(H,17,20)(H,18,19). The summed E-state index contributed by atoms with van der Waals surface area (Å²) in [5, 5.41) is 11.9. The smallest absolute Gasteiger partial charge is 0.337 e. The number of aromatic carboxylic acids is 1. The van der Waals surface area contributed by atoms with Gasteiger partial charge in [0.2, 0.25) is 5.91 Å². The third-order valence-corrected chi connectivity index (χ3v) is 4.01. The zero-order chi connectivity index (χ0) is 15.3. The summed E-state index contributed by atoms with van der Waals surface area (Å²) in [7, 11) is 0. The lowest BCUT2D eigenvalue weighted by atomic mass is 9.81. The van der Waals surface area contributed by atoms with Crippen LogP contribution in [-0.2, 0) is 4.79 Å². The Labute approximate surface area is 123 Å². The van der Waals surface area contributed by atoms with Gasteiger partial charge in [-0.05, 0) is 31.0 Å². The van der Waals surface area contributed by atoms with Gasteiger partial charge in [-0.15, -0.1) is 0 Å². The molecule has 0 aliphatic rings. The molecule has 0 saturated heterocycles. The first-order valence-corrected chi connectivity index (χ1v) is 6.82. The normalized spacial score (nSPS) is 11.2. The molecule has 0 aliphatic heterocycles. The first kappa shape index (κ1) is 16.5. The molecule has 6 heteroatoms. The molecule has 0 spiro atoms. The van der Waals surface area contributed by atoms with Crippen molar-refractivity contribution < 1.29 is 14.7 Å². The van der Waals surface area contributed by atoms with Gasteiger partial charge in [0.05, 0.1) is 16.0 Å². The quantitative estimate of drug-likeness (QED) is 0.753. The van der Waals surface area contributed by atoms with E-state index in [1.807, 2.05) is 13.8 Å². The Kier molecular flexibility index (Phi) is 5.53. The van der Waals surface area contributed by atoms with Crippen LogP contribution in [0.4, 0.5) is 5.69 Å². The number of carboxylic acids is 1. The summed E-state index contributed by atoms with van der Waals surface area (Å²) in [6.45, 7) is 4.05. The highest BCUT2D eigenvalue weighted by Crippen LogP contribution is 2.28. The number of carboxylic acid groups (broad SMARTS) is 1. The number of hydrogen-bond donors (Lipinski definition) is 3. The van der Waals surface area contributed by atoms with E-state index in [0.717, 1.165) is 0 Å². The fraction of sp³-hybridized carbons (Fsp3) is 0.429. The first-order chi connectivity index (χ1) is 9.40. The van der Waals surface area contributed by atoms with Gasteiger partial charge in [-0.2, -0.15) is 0 Å². The average Bonchev–Trinajstić information content (AvgIpc) is 2.43. The van der Waals surface area contributed by atoms with Crippen LogP contribution >= 0.6 is 11.6 Å². The van der Waals surface area contributed by atoms with Crippen LogP contribution in [-0.4, -0.2) is 23.5 Å². The zero-order valence-corrected chi connectivity index (χ0v) is 12.3. The molecule has 0 aromatic heterocycles. The minimum absolute atomic E-state index is 0.0455. The molecule has 0 heterocycles. The lowest BCUT2D eigenvalue weighted by Crippen LogP contribution is -2.41. The lowest BCUT2D eigenvalue weighted by molar-refractivity contribution is -0.125. The fourth-order valence-electron chi connectivity index (χ4n) is 1.98. The first-order valence-electron chi connectivity index (χ1n) is 6.44. The molecule has 1 aromatic rings.